The highest BCUT2D eigenvalue weighted by Gasteiger charge is 2.50. The van der Waals surface area contributed by atoms with E-state index in [1.807, 2.05) is 0 Å². The molecular weight excluding hydrogens is 564 g/mol. The zero-order valence-electron chi connectivity index (χ0n) is 24.6. The van der Waals surface area contributed by atoms with Crippen LogP contribution in [0.2, 0.25) is 5.02 Å². The normalized spacial score (nSPS) is 14.7. The smallest absolute Gasteiger partial charge is 0.0714 e. The third-order valence-electron chi connectivity index (χ3n) is 10.1. The summed E-state index contributed by atoms with van der Waals surface area (Å²) in [6, 6.07) is 64.2. The van der Waals surface area contributed by atoms with E-state index >= 15 is 0 Å². The van der Waals surface area contributed by atoms with Gasteiger partial charge in [0.25, 0.3) is 0 Å². The Morgan fingerprint density at radius 1 is 0.311 bits per heavy atom. The lowest BCUT2D eigenvalue weighted by molar-refractivity contribution is 0.742. The minimum atomic E-state index is -0.541. The van der Waals surface area contributed by atoms with Gasteiger partial charge < -0.3 is 0 Å². The summed E-state index contributed by atoms with van der Waals surface area (Å²) >= 11 is 7.59. The van der Waals surface area contributed by atoms with Crippen LogP contribution >= 0.6 is 11.6 Å². The van der Waals surface area contributed by atoms with Crippen LogP contribution in [0.1, 0.15) is 44.5 Å². The standard InChI is InChI=1S/C44H29Cl/c45-41-29-33(44(32-20-8-3-9-21-32)37-25-13-10-22-34(37)35-23-11-14-26-38(35)44)28-40-42(41)36-24-12-15-27-39(36)43(40,30-16-4-1-5-17-30)31-18-6-2-7-19-31/h1-29H. The Labute approximate surface area is 269 Å². The van der Waals surface area contributed by atoms with Crippen molar-refractivity contribution in [3.8, 4) is 22.3 Å². The molecule has 0 heterocycles. The Morgan fingerprint density at radius 3 is 1.13 bits per heavy atom. The zero-order valence-corrected chi connectivity index (χ0v) is 25.4. The fourth-order valence-corrected chi connectivity index (χ4v) is 8.76. The summed E-state index contributed by atoms with van der Waals surface area (Å²) in [6.07, 6.45) is 0. The lowest BCUT2D eigenvalue weighted by atomic mass is 9.64. The van der Waals surface area contributed by atoms with Crippen LogP contribution in [0.3, 0.4) is 0 Å². The van der Waals surface area contributed by atoms with Crippen LogP contribution in [0.15, 0.2) is 176 Å². The van der Waals surface area contributed by atoms with Crippen LogP contribution in [0.25, 0.3) is 22.3 Å². The third kappa shape index (κ3) is 3.43. The molecule has 0 fully saturated rings. The molecule has 1 heteroatoms. The van der Waals surface area contributed by atoms with E-state index in [1.54, 1.807) is 0 Å². The number of benzene rings is 7. The van der Waals surface area contributed by atoms with Crippen molar-refractivity contribution in [2.75, 3.05) is 0 Å². The largest absolute Gasteiger partial charge is 0.0836 e. The van der Waals surface area contributed by atoms with E-state index in [9.17, 15) is 0 Å². The Kier molecular flexibility index (Phi) is 5.79. The molecule has 0 saturated heterocycles. The molecule has 0 radical (unpaired) electrons. The summed E-state index contributed by atoms with van der Waals surface area (Å²) in [5.41, 5.74) is 13.7. The molecule has 0 unspecified atom stereocenters. The summed E-state index contributed by atoms with van der Waals surface area (Å²) in [6.45, 7) is 0. The topological polar surface area (TPSA) is 0 Å². The molecule has 0 spiro atoms. The molecule has 212 valence electrons. The Morgan fingerprint density at radius 2 is 0.667 bits per heavy atom. The number of halogens is 1. The quantitative estimate of drug-likeness (QED) is 0.191. The number of rotatable bonds is 4. The molecule has 0 saturated carbocycles. The van der Waals surface area contributed by atoms with Crippen molar-refractivity contribution >= 4 is 11.6 Å². The Bertz CT molecular complexity index is 2130. The molecule has 9 rings (SSSR count). The molecule has 0 aliphatic heterocycles. The van der Waals surface area contributed by atoms with Crippen LogP contribution in [0.5, 0.6) is 0 Å². The van der Waals surface area contributed by atoms with Crippen LogP contribution in [-0.4, -0.2) is 0 Å². The molecule has 0 amide bonds. The summed E-state index contributed by atoms with van der Waals surface area (Å²) in [5, 5.41) is 0.779. The predicted molar refractivity (Wildman–Crippen MR) is 186 cm³/mol. The van der Waals surface area contributed by atoms with Gasteiger partial charge in [0.05, 0.1) is 10.8 Å². The summed E-state index contributed by atoms with van der Waals surface area (Å²) < 4.78 is 0. The van der Waals surface area contributed by atoms with Gasteiger partial charge in [0, 0.05) is 10.6 Å². The van der Waals surface area contributed by atoms with Crippen LogP contribution < -0.4 is 0 Å². The predicted octanol–water partition coefficient (Wildman–Crippen LogP) is 11.1. The fourth-order valence-electron chi connectivity index (χ4n) is 8.44. The van der Waals surface area contributed by atoms with Crippen molar-refractivity contribution in [2.24, 2.45) is 0 Å². The molecule has 2 aliphatic carbocycles. The van der Waals surface area contributed by atoms with Gasteiger partial charge in [-0.1, -0.05) is 181 Å². The Hall–Kier alpha value is -5.17. The SMILES string of the molecule is Clc1cc(C2(c3ccccc3)c3ccccc3-c3ccccc32)cc2c1-c1ccccc1C2(c1ccccc1)c1ccccc1. The monoisotopic (exact) mass is 592 g/mol. The number of fused-ring (bicyclic) bond motifs is 6. The highest BCUT2D eigenvalue weighted by atomic mass is 35.5. The highest BCUT2D eigenvalue weighted by molar-refractivity contribution is 6.34. The summed E-state index contributed by atoms with van der Waals surface area (Å²) in [4.78, 5) is 0. The molecule has 0 N–H and O–H groups in total. The van der Waals surface area contributed by atoms with E-state index in [4.69, 9.17) is 11.6 Å². The molecule has 45 heavy (non-hydrogen) atoms. The van der Waals surface area contributed by atoms with Gasteiger partial charge in [0.2, 0.25) is 0 Å². The summed E-state index contributed by atoms with van der Waals surface area (Å²) in [7, 11) is 0. The van der Waals surface area contributed by atoms with E-state index < -0.39 is 10.8 Å². The van der Waals surface area contributed by atoms with E-state index in [-0.39, 0.29) is 0 Å². The van der Waals surface area contributed by atoms with Gasteiger partial charge in [-0.2, -0.15) is 0 Å². The third-order valence-corrected chi connectivity index (χ3v) is 10.4. The second kappa shape index (κ2) is 9.92. The molecule has 0 atom stereocenters. The number of hydrogen-bond donors (Lipinski definition) is 0. The second-order valence-electron chi connectivity index (χ2n) is 12.1. The van der Waals surface area contributed by atoms with E-state index in [0.29, 0.717) is 0 Å². The minimum Gasteiger partial charge on any atom is -0.0836 e. The van der Waals surface area contributed by atoms with Gasteiger partial charge in [-0.25, -0.2) is 0 Å². The first-order valence-electron chi connectivity index (χ1n) is 15.6. The van der Waals surface area contributed by atoms with Crippen molar-refractivity contribution in [3.63, 3.8) is 0 Å². The maximum absolute atomic E-state index is 7.59. The van der Waals surface area contributed by atoms with E-state index in [1.165, 1.54) is 61.2 Å². The first-order chi connectivity index (χ1) is 22.3. The van der Waals surface area contributed by atoms with Gasteiger partial charge in [-0.3, -0.25) is 0 Å². The maximum Gasteiger partial charge on any atom is 0.0714 e. The molecule has 2 aliphatic rings. The van der Waals surface area contributed by atoms with Gasteiger partial charge >= 0.3 is 0 Å². The first-order valence-corrected chi connectivity index (χ1v) is 15.9. The van der Waals surface area contributed by atoms with Crippen LogP contribution in [0.4, 0.5) is 0 Å². The van der Waals surface area contributed by atoms with Crippen LogP contribution in [-0.2, 0) is 10.8 Å². The van der Waals surface area contributed by atoms with E-state index in [2.05, 4.69) is 176 Å². The molecule has 0 aromatic heterocycles. The lowest BCUT2D eigenvalue weighted by Gasteiger charge is -2.37. The highest BCUT2D eigenvalue weighted by Crippen LogP contribution is 2.61. The molecule has 7 aromatic carbocycles. The maximum atomic E-state index is 7.59. The van der Waals surface area contributed by atoms with Crippen molar-refractivity contribution in [3.05, 3.63) is 225 Å². The van der Waals surface area contributed by atoms with Crippen molar-refractivity contribution in [1.29, 1.82) is 0 Å². The molecule has 0 bridgehead atoms. The summed E-state index contributed by atoms with van der Waals surface area (Å²) in [5.74, 6) is 0. The first kappa shape index (κ1) is 26.3. The lowest BCUT2D eigenvalue weighted by Crippen LogP contribution is -2.31. The van der Waals surface area contributed by atoms with Crippen LogP contribution in [0, 0.1) is 0 Å². The molecular formula is C44H29Cl. The zero-order chi connectivity index (χ0) is 30.0. The van der Waals surface area contributed by atoms with Gasteiger partial charge in [0.15, 0.2) is 0 Å². The molecule has 7 aromatic rings. The Balaban J connectivity index is 1.46. The van der Waals surface area contributed by atoms with E-state index in [0.717, 1.165) is 10.6 Å². The van der Waals surface area contributed by atoms with Crippen molar-refractivity contribution in [2.45, 2.75) is 10.8 Å². The second-order valence-corrected chi connectivity index (χ2v) is 12.5. The van der Waals surface area contributed by atoms with Crippen molar-refractivity contribution in [1.82, 2.24) is 0 Å². The number of hydrogen-bond acceptors (Lipinski definition) is 0. The average Bonchev–Trinajstić information content (AvgIpc) is 3.59. The fraction of sp³-hybridized carbons (Fsp3) is 0.0455. The average molecular weight is 593 g/mol. The molecule has 0 nitrogen and oxygen atoms in total. The van der Waals surface area contributed by atoms with Gasteiger partial charge in [-0.15, -0.1) is 0 Å². The van der Waals surface area contributed by atoms with Crippen molar-refractivity contribution < 1.29 is 0 Å². The minimum absolute atomic E-state index is 0.538. The van der Waals surface area contributed by atoms with Gasteiger partial charge in [-0.05, 0) is 67.3 Å². The van der Waals surface area contributed by atoms with Gasteiger partial charge in [0.1, 0.15) is 0 Å².